The van der Waals surface area contributed by atoms with Gasteiger partial charge in [0, 0.05) is 19.2 Å². The molecule has 138 valence electrons. The van der Waals surface area contributed by atoms with E-state index in [-0.39, 0.29) is 5.78 Å². The highest BCUT2D eigenvalue weighted by Crippen LogP contribution is 2.45. The van der Waals surface area contributed by atoms with E-state index in [1.54, 1.807) is 0 Å². The number of methoxy groups -OCH3 is 1. The summed E-state index contributed by atoms with van der Waals surface area (Å²) in [6.07, 6.45) is 1.26. The standard InChI is InChI=1S/C19H21NO5S/c1-3-25-14-6-4-13(5-7-14)17-18(22)15(12-16(21)23-2)26-19(17)20-8-10-24-11-9-20/h4-7,12H,3,8-11H2,1-2H3. The maximum absolute atomic E-state index is 13.0. The highest BCUT2D eigenvalue weighted by atomic mass is 32.2. The van der Waals surface area contributed by atoms with Gasteiger partial charge in [-0.05, 0) is 24.6 Å². The SMILES string of the molecule is CCOc1ccc(C2=C(N3CCOCC3)SC(=CC(=O)OC)C2=O)cc1. The molecule has 2 heterocycles. The summed E-state index contributed by atoms with van der Waals surface area (Å²) in [7, 11) is 1.30. The number of hydrogen-bond acceptors (Lipinski definition) is 7. The summed E-state index contributed by atoms with van der Waals surface area (Å²) in [6, 6.07) is 7.45. The lowest BCUT2D eigenvalue weighted by atomic mass is 10.0. The van der Waals surface area contributed by atoms with Gasteiger partial charge in [-0.3, -0.25) is 4.79 Å². The van der Waals surface area contributed by atoms with Crippen molar-refractivity contribution < 1.29 is 23.8 Å². The number of nitrogens with zero attached hydrogens (tertiary/aromatic N) is 1. The molecule has 2 aliphatic rings. The first-order valence-corrected chi connectivity index (χ1v) is 9.28. The summed E-state index contributed by atoms with van der Waals surface area (Å²) in [5.74, 6) is 0.0642. The highest BCUT2D eigenvalue weighted by molar-refractivity contribution is 8.08. The molecule has 1 aromatic rings. The van der Waals surface area contributed by atoms with Crippen molar-refractivity contribution in [2.75, 3.05) is 40.0 Å². The number of thioether (sulfide) groups is 1. The molecule has 0 N–H and O–H groups in total. The second kappa shape index (κ2) is 8.42. The second-order valence-corrected chi connectivity index (χ2v) is 6.73. The monoisotopic (exact) mass is 375 g/mol. The average Bonchev–Trinajstić information content (AvgIpc) is 2.99. The van der Waals surface area contributed by atoms with Crippen LogP contribution in [0.25, 0.3) is 5.57 Å². The third-order valence-electron chi connectivity index (χ3n) is 4.07. The van der Waals surface area contributed by atoms with Crippen LogP contribution in [0, 0.1) is 0 Å². The van der Waals surface area contributed by atoms with Gasteiger partial charge in [-0.2, -0.15) is 0 Å². The summed E-state index contributed by atoms with van der Waals surface area (Å²) >= 11 is 1.32. The Morgan fingerprint density at radius 1 is 1.27 bits per heavy atom. The highest BCUT2D eigenvalue weighted by Gasteiger charge is 2.34. The van der Waals surface area contributed by atoms with E-state index in [1.165, 1.54) is 24.9 Å². The van der Waals surface area contributed by atoms with E-state index in [4.69, 9.17) is 9.47 Å². The Kier molecular flexibility index (Phi) is 6.00. The Hall–Kier alpha value is -2.25. The molecule has 26 heavy (non-hydrogen) atoms. The number of benzene rings is 1. The van der Waals surface area contributed by atoms with Gasteiger partial charge in [0.15, 0.2) is 0 Å². The molecule has 0 radical (unpaired) electrons. The van der Waals surface area contributed by atoms with Crippen molar-refractivity contribution in [1.29, 1.82) is 0 Å². The van der Waals surface area contributed by atoms with Crippen LogP contribution in [0.15, 0.2) is 40.3 Å². The quantitative estimate of drug-likeness (QED) is 0.578. The maximum Gasteiger partial charge on any atom is 0.331 e. The van der Waals surface area contributed by atoms with Crippen LogP contribution < -0.4 is 4.74 Å². The Balaban J connectivity index is 1.97. The molecule has 1 aromatic carbocycles. The number of esters is 1. The van der Waals surface area contributed by atoms with Crippen molar-refractivity contribution in [3.63, 3.8) is 0 Å². The van der Waals surface area contributed by atoms with E-state index in [1.807, 2.05) is 31.2 Å². The van der Waals surface area contributed by atoms with Crippen LogP contribution in [-0.4, -0.2) is 56.7 Å². The first kappa shape index (κ1) is 18.5. The molecule has 2 aliphatic heterocycles. The minimum atomic E-state index is -0.532. The number of morpholine rings is 1. The summed E-state index contributed by atoms with van der Waals surface area (Å²) < 4.78 is 15.6. The number of allylic oxidation sites excluding steroid dienone is 2. The Bertz CT molecular complexity index is 748. The summed E-state index contributed by atoms with van der Waals surface area (Å²) in [5, 5.41) is 0.859. The van der Waals surface area contributed by atoms with Gasteiger partial charge in [0.05, 0.1) is 42.4 Å². The largest absolute Gasteiger partial charge is 0.494 e. The number of Topliss-reactive ketones (excluding diaryl/α,β-unsaturated/α-hetero) is 1. The van der Waals surface area contributed by atoms with Crippen molar-refractivity contribution in [2.45, 2.75) is 6.92 Å². The maximum atomic E-state index is 13.0. The number of carbonyl (C=O) groups excluding carboxylic acids is 2. The smallest absolute Gasteiger partial charge is 0.331 e. The molecule has 3 rings (SSSR count). The normalized spacial score (nSPS) is 19.2. The summed E-state index contributed by atoms with van der Waals surface area (Å²) in [4.78, 5) is 27.1. The number of ether oxygens (including phenoxy) is 3. The van der Waals surface area contributed by atoms with Gasteiger partial charge >= 0.3 is 5.97 Å². The van der Waals surface area contributed by atoms with E-state index >= 15 is 0 Å². The number of carbonyl (C=O) groups is 2. The molecule has 0 aromatic heterocycles. The van der Waals surface area contributed by atoms with Crippen LogP contribution in [0.3, 0.4) is 0 Å². The summed E-state index contributed by atoms with van der Waals surface area (Å²) in [5.41, 5.74) is 1.41. The van der Waals surface area contributed by atoms with Crippen LogP contribution in [0.5, 0.6) is 5.75 Å². The van der Waals surface area contributed by atoms with Crippen LogP contribution in [0.4, 0.5) is 0 Å². The molecule has 0 bridgehead atoms. The van der Waals surface area contributed by atoms with Crippen molar-refractivity contribution in [2.24, 2.45) is 0 Å². The van der Waals surface area contributed by atoms with Crippen molar-refractivity contribution in [3.8, 4) is 5.75 Å². The molecule has 0 spiro atoms. The Morgan fingerprint density at radius 2 is 1.96 bits per heavy atom. The number of rotatable bonds is 5. The van der Waals surface area contributed by atoms with E-state index < -0.39 is 5.97 Å². The van der Waals surface area contributed by atoms with Gasteiger partial charge in [0.1, 0.15) is 5.75 Å². The molecule has 7 heteroatoms. The van der Waals surface area contributed by atoms with Gasteiger partial charge in [-0.15, -0.1) is 0 Å². The first-order chi connectivity index (χ1) is 12.6. The topological polar surface area (TPSA) is 65.1 Å². The van der Waals surface area contributed by atoms with Gasteiger partial charge in [-0.1, -0.05) is 23.9 Å². The predicted molar refractivity (Wildman–Crippen MR) is 99.6 cm³/mol. The molecule has 0 amide bonds. The van der Waals surface area contributed by atoms with Crippen LogP contribution >= 0.6 is 11.8 Å². The molecular weight excluding hydrogens is 354 g/mol. The lowest BCUT2D eigenvalue weighted by Crippen LogP contribution is -2.34. The van der Waals surface area contributed by atoms with E-state index in [0.717, 1.165) is 16.3 Å². The van der Waals surface area contributed by atoms with Crippen molar-refractivity contribution in [3.05, 3.63) is 45.8 Å². The van der Waals surface area contributed by atoms with Gasteiger partial charge in [0.25, 0.3) is 0 Å². The number of ketones is 1. The zero-order chi connectivity index (χ0) is 18.5. The zero-order valence-electron chi connectivity index (χ0n) is 14.8. The zero-order valence-corrected chi connectivity index (χ0v) is 15.6. The lowest BCUT2D eigenvalue weighted by molar-refractivity contribution is -0.135. The van der Waals surface area contributed by atoms with Gasteiger partial charge in [-0.25, -0.2) is 4.79 Å². The molecular formula is C19H21NO5S. The third-order valence-corrected chi connectivity index (χ3v) is 5.25. The van der Waals surface area contributed by atoms with Gasteiger partial charge in [0.2, 0.25) is 5.78 Å². The second-order valence-electron chi connectivity index (χ2n) is 5.70. The molecule has 0 saturated carbocycles. The minimum Gasteiger partial charge on any atom is -0.494 e. The van der Waals surface area contributed by atoms with Gasteiger partial charge < -0.3 is 19.1 Å². The minimum absolute atomic E-state index is 0.161. The molecule has 6 nitrogen and oxygen atoms in total. The van der Waals surface area contributed by atoms with E-state index in [0.29, 0.717) is 43.4 Å². The van der Waals surface area contributed by atoms with Crippen molar-refractivity contribution in [1.82, 2.24) is 4.90 Å². The number of hydrogen-bond donors (Lipinski definition) is 0. The van der Waals surface area contributed by atoms with Crippen LogP contribution in [-0.2, 0) is 19.1 Å². The third kappa shape index (κ3) is 3.94. The molecule has 1 saturated heterocycles. The molecule has 1 fully saturated rings. The fourth-order valence-corrected chi connectivity index (χ4v) is 3.99. The van der Waals surface area contributed by atoms with E-state index in [2.05, 4.69) is 9.64 Å². The van der Waals surface area contributed by atoms with Crippen LogP contribution in [0.1, 0.15) is 12.5 Å². The fourth-order valence-electron chi connectivity index (χ4n) is 2.81. The Labute approximate surface area is 156 Å². The van der Waals surface area contributed by atoms with Crippen LogP contribution in [0.2, 0.25) is 0 Å². The molecule has 0 unspecified atom stereocenters. The Morgan fingerprint density at radius 3 is 2.58 bits per heavy atom. The van der Waals surface area contributed by atoms with E-state index in [9.17, 15) is 9.59 Å². The average molecular weight is 375 g/mol. The first-order valence-electron chi connectivity index (χ1n) is 8.46. The lowest BCUT2D eigenvalue weighted by Gasteiger charge is -2.29. The fraction of sp³-hybridized carbons (Fsp3) is 0.368. The molecule has 0 atom stereocenters. The summed E-state index contributed by atoms with van der Waals surface area (Å²) in [6.45, 7) is 5.16. The van der Waals surface area contributed by atoms with Crippen molar-refractivity contribution >= 4 is 29.1 Å². The molecule has 0 aliphatic carbocycles. The predicted octanol–water partition coefficient (Wildman–Crippen LogP) is 2.46.